The quantitative estimate of drug-likeness (QED) is 0.399. The van der Waals surface area contributed by atoms with Gasteiger partial charge in [-0.25, -0.2) is 4.52 Å². The maximum Gasteiger partial charge on any atom is 0.277 e. The number of nitrogens with zero attached hydrogens (tertiary/aromatic N) is 5. The lowest BCUT2D eigenvalue weighted by Gasteiger charge is -2.04. The molecular formula is C25H23N5O4. The summed E-state index contributed by atoms with van der Waals surface area (Å²) in [5, 5.41) is 18.6. The zero-order valence-electron chi connectivity index (χ0n) is 18.8. The van der Waals surface area contributed by atoms with Gasteiger partial charge in [0.1, 0.15) is 17.8 Å². The van der Waals surface area contributed by atoms with E-state index in [1.165, 1.54) is 9.08 Å². The number of aryl methyl sites for hydroxylation is 1. The second kappa shape index (κ2) is 8.95. The minimum atomic E-state index is -0.313. The van der Waals surface area contributed by atoms with Crippen LogP contribution in [0.3, 0.4) is 0 Å². The molecule has 0 amide bonds. The van der Waals surface area contributed by atoms with E-state index in [-0.39, 0.29) is 24.6 Å². The van der Waals surface area contributed by atoms with Gasteiger partial charge in [-0.2, -0.15) is 10.1 Å². The third-order valence-electron chi connectivity index (χ3n) is 5.52. The first-order valence-corrected chi connectivity index (χ1v) is 10.9. The summed E-state index contributed by atoms with van der Waals surface area (Å²) in [6, 6.07) is 15.2. The molecule has 5 rings (SSSR count). The standard InChI is InChI=1S/C25H23N5O4/c1-3-33-19-6-4-5-18(13-19)24-26-21(34-28-24)14-29-11-12-30-23(25(29)32)20(15-31)22(27-30)17-9-7-16(2)8-10-17/h4-13,31H,3,14-15H2,1-2H3. The van der Waals surface area contributed by atoms with Crippen LogP contribution in [0.4, 0.5) is 0 Å². The summed E-state index contributed by atoms with van der Waals surface area (Å²) in [5.41, 5.74) is 3.75. The lowest BCUT2D eigenvalue weighted by Crippen LogP contribution is -2.22. The van der Waals surface area contributed by atoms with Gasteiger partial charge in [0.25, 0.3) is 5.56 Å². The van der Waals surface area contributed by atoms with Crippen molar-refractivity contribution in [2.75, 3.05) is 6.61 Å². The van der Waals surface area contributed by atoms with Crippen LogP contribution in [0.15, 0.2) is 70.2 Å². The van der Waals surface area contributed by atoms with E-state index in [9.17, 15) is 9.90 Å². The molecule has 0 radical (unpaired) electrons. The van der Waals surface area contributed by atoms with E-state index in [1.54, 1.807) is 12.4 Å². The largest absolute Gasteiger partial charge is 0.494 e. The number of hydrogen-bond acceptors (Lipinski definition) is 7. The number of rotatable bonds is 7. The Hall–Kier alpha value is -4.24. The van der Waals surface area contributed by atoms with Gasteiger partial charge < -0.3 is 18.9 Å². The van der Waals surface area contributed by atoms with Crippen LogP contribution in [0.1, 0.15) is 23.9 Å². The summed E-state index contributed by atoms with van der Waals surface area (Å²) < 4.78 is 13.9. The van der Waals surface area contributed by atoms with Crippen molar-refractivity contribution >= 4 is 5.52 Å². The Kier molecular flexibility index (Phi) is 5.69. The average molecular weight is 457 g/mol. The lowest BCUT2D eigenvalue weighted by molar-refractivity contribution is 0.283. The first-order valence-electron chi connectivity index (χ1n) is 10.9. The van der Waals surface area contributed by atoms with Crippen LogP contribution in [-0.2, 0) is 13.2 Å². The molecule has 1 N–H and O–H groups in total. The Balaban J connectivity index is 1.48. The highest BCUT2D eigenvalue weighted by atomic mass is 16.5. The normalized spacial score (nSPS) is 11.3. The van der Waals surface area contributed by atoms with E-state index in [1.807, 2.05) is 62.4 Å². The number of hydrogen-bond donors (Lipinski definition) is 1. The number of aliphatic hydroxyl groups excluding tert-OH is 1. The first kappa shape index (κ1) is 21.6. The molecule has 0 unspecified atom stereocenters. The third-order valence-corrected chi connectivity index (χ3v) is 5.52. The van der Waals surface area contributed by atoms with Gasteiger partial charge in [-0.15, -0.1) is 0 Å². The highest BCUT2D eigenvalue weighted by molar-refractivity contribution is 5.72. The molecule has 0 atom stereocenters. The number of aromatic nitrogens is 5. The first-order chi connectivity index (χ1) is 16.6. The zero-order valence-corrected chi connectivity index (χ0v) is 18.8. The molecule has 0 bridgehead atoms. The van der Waals surface area contributed by atoms with Crippen LogP contribution in [-0.4, -0.2) is 36.0 Å². The molecule has 3 heterocycles. The van der Waals surface area contributed by atoms with Gasteiger partial charge in [-0.05, 0) is 26.0 Å². The van der Waals surface area contributed by atoms with Crippen molar-refractivity contribution in [3.05, 3.63) is 88.3 Å². The summed E-state index contributed by atoms with van der Waals surface area (Å²) in [4.78, 5) is 17.7. The topological polar surface area (TPSA) is 108 Å². The molecule has 9 heteroatoms. The van der Waals surface area contributed by atoms with Gasteiger partial charge >= 0.3 is 0 Å². The Morgan fingerprint density at radius 2 is 1.91 bits per heavy atom. The number of benzene rings is 2. The van der Waals surface area contributed by atoms with E-state index < -0.39 is 0 Å². The van der Waals surface area contributed by atoms with Crippen LogP contribution < -0.4 is 10.3 Å². The summed E-state index contributed by atoms with van der Waals surface area (Å²) in [6.45, 7) is 4.25. The molecule has 0 aliphatic rings. The fourth-order valence-corrected chi connectivity index (χ4v) is 3.84. The molecule has 9 nitrogen and oxygen atoms in total. The molecule has 0 fully saturated rings. The van der Waals surface area contributed by atoms with Gasteiger partial charge in [0.2, 0.25) is 11.7 Å². The summed E-state index contributed by atoms with van der Waals surface area (Å²) in [5.74, 6) is 1.41. The Bertz CT molecular complexity index is 1510. The maximum atomic E-state index is 13.3. The van der Waals surface area contributed by atoms with Crippen molar-refractivity contribution < 1.29 is 14.4 Å². The van der Waals surface area contributed by atoms with Crippen molar-refractivity contribution in [3.8, 4) is 28.4 Å². The molecule has 0 spiro atoms. The second-order valence-electron chi connectivity index (χ2n) is 7.85. The van der Waals surface area contributed by atoms with Crippen molar-refractivity contribution in [2.24, 2.45) is 0 Å². The zero-order chi connectivity index (χ0) is 23.7. The SMILES string of the molecule is CCOc1cccc(-c2noc(Cn3ccn4nc(-c5ccc(C)cc5)c(CO)c4c3=O)n2)c1. The minimum absolute atomic E-state index is 0.0867. The molecule has 0 aliphatic heterocycles. The summed E-state index contributed by atoms with van der Waals surface area (Å²) in [7, 11) is 0. The Labute approximate surface area is 194 Å². The summed E-state index contributed by atoms with van der Waals surface area (Å²) >= 11 is 0. The van der Waals surface area contributed by atoms with E-state index in [2.05, 4.69) is 15.2 Å². The fraction of sp³-hybridized carbons (Fsp3) is 0.200. The number of fused-ring (bicyclic) bond motifs is 1. The van der Waals surface area contributed by atoms with E-state index in [0.29, 0.717) is 29.2 Å². The van der Waals surface area contributed by atoms with E-state index >= 15 is 0 Å². The monoisotopic (exact) mass is 457 g/mol. The number of ether oxygens (including phenoxy) is 1. The highest BCUT2D eigenvalue weighted by Crippen LogP contribution is 2.25. The van der Waals surface area contributed by atoms with Gasteiger partial charge in [0.15, 0.2) is 0 Å². The van der Waals surface area contributed by atoms with Gasteiger partial charge in [-0.1, -0.05) is 47.1 Å². The Morgan fingerprint density at radius 3 is 2.68 bits per heavy atom. The molecular weight excluding hydrogens is 434 g/mol. The van der Waals surface area contributed by atoms with Crippen LogP contribution in [0.5, 0.6) is 5.75 Å². The van der Waals surface area contributed by atoms with Gasteiger partial charge in [-0.3, -0.25) is 4.79 Å². The molecule has 3 aromatic heterocycles. The molecule has 2 aromatic carbocycles. The molecule has 5 aromatic rings. The molecule has 34 heavy (non-hydrogen) atoms. The predicted molar refractivity (Wildman–Crippen MR) is 126 cm³/mol. The highest BCUT2D eigenvalue weighted by Gasteiger charge is 2.19. The minimum Gasteiger partial charge on any atom is -0.494 e. The lowest BCUT2D eigenvalue weighted by atomic mass is 10.1. The van der Waals surface area contributed by atoms with Crippen molar-refractivity contribution in [2.45, 2.75) is 27.0 Å². The second-order valence-corrected chi connectivity index (χ2v) is 7.85. The summed E-state index contributed by atoms with van der Waals surface area (Å²) in [6.07, 6.45) is 3.29. The van der Waals surface area contributed by atoms with Crippen LogP contribution >= 0.6 is 0 Å². The van der Waals surface area contributed by atoms with Gasteiger partial charge in [0, 0.05) is 29.1 Å². The molecule has 172 valence electrons. The molecule has 0 saturated carbocycles. The van der Waals surface area contributed by atoms with Crippen molar-refractivity contribution in [1.82, 2.24) is 24.3 Å². The van der Waals surface area contributed by atoms with Gasteiger partial charge in [0.05, 0.1) is 18.9 Å². The predicted octanol–water partition coefficient (Wildman–Crippen LogP) is 3.46. The third kappa shape index (κ3) is 3.97. The van der Waals surface area contributed by atoms with Crippen LogP contribution in [0.2, 0.25) is 0 Å². The smallest absolute Gasteiger partial charge is 0.277 e. The van der Waals surface area contributed by atoms with Crippen LogP contribution in [0, 0.1) is 6.92 Å². The average Bonchev–Trinajstić information content (AvgIpc) is 3.47. The molecule has 0 aliphatic carbocycles. The Morgan fingerprint density at radius 1 is 1.09 bits per heavy atom. The fourth-order valence-electron chi connectivity index (χ4n) is 3.84. The van der Waals surface area contributed by atoms with E-state index in [4.69, 9.17) is 9.26 Å². The van der Waals surface area contributed by atoms with Crippen molar-refractivity contribution in [1.29, 1.82) is 0 Å². The van der Waals surface area contributed by atoms with E-state index in [0.717, 1.165) is 22.4 Å². The number of aliphatic hydroxyl groups is 1. The maximum absolute atomic E-state index is 13.3. The van der Waals surface area contributed by atoms with Crippen LogP contribution in [0.25, 0.3) is 28.2 Å². The molecule has 0 saturated heterocycles. The van der Waals surface area contributed by atoms with Crippen molar-refractivity contribution in [3.63, 3.8) is 0 Å².